The summed E-state index contributed by atoms with van der Waals surface area (Å²) in [5.41, 5.74) is 0. The summed E-state index contributed by atoms with van der Waals surface area (Å²) in [5, 5.41) is 0. The summed E-state index contributed by atoms with van der Waals surface area (Å²) >= 11 is 0. The molecule has 0 aromatic heterocycles. The molecule has 3 nitrogen and oxygen atoms in total. The van der Waals surface area contributed by atoms with Gasteiger partial charge in [-0.05, 0) is 13.3 Å². The van der Waals surface area contributed by atoms with Gasteiger partial charge < -0.3 is 4.74 Å². The minimum atomic E-state index is -0.528. The van der Waals surface area contributed by atoms with Crippen molar-refractivity contribution in [1.82, 2.24) is 0 Å². The van der Waals surface area contributed by atoms with E-state index >= 15 is 0 Å². The molecule has 1 unspecified atom stereocenters. The maximum absolute atomic E-state index is 11.4. The van der Waals surface area contributed by atoms with Crippen molar-refractivity contribution in [1.29, 1.82) is 0 Å². The predicted molar refractivity (Wildman–Crippen MR) is 54.9 cm³/mol. The van der Waals surface area contributed by atoms with E-state index in [9.17, 15) is 9.59 Å². The first-order valence-corrected chi connectivity index (χ1v) is 5.36. The number of hydrogen-bond acceptors (Lipinski definition) is 3. The van der Waals surface area contributed by atoms with Crippen LogP contribution in [0.25, 0.3) is 0 Å². The van der Waals surface area contributed by atoms with Gasteiger partial charge in [0.2, 0.25) is 0 Å². The molecule has 0 aliphatic rings. The maximum Gasteiger partial charge on any atom is 0.316 e. The van der Waals surface area contributed by atoms with Crippen LogP contribution in [0.4, 0.5) is 0 Å². The number of hydrogen-bond donors (Lipinski definition) is 0. The molecule has 1 atom stereocenters. The average molecular weight is 200 g/mol. The maximum atomic E-state index is 11.4. The number of unbranched alkanes of at least 4 members (excludes halogenated alkanes) is 1. The first kappa shape index (κ1) is 13.1. The molecule has 0 saturated carbocycles. The van der Waals surface area contributed by atoms with E-state index in [1.54, 1.807) is 13.8 Å². The van der Waals surface area contributed by atoms with Crippen LogP contribution in [0.1, 0.15) is 46.5 Å². The second kappa shape index (κ2) is 7.54. The number of rotatable bonds is 7. The zero-order chi connectivity index (χ0) is 11.0. The molecule has 0 bridgehead atoms. The second-order valence-corrected chi connectivity index (χ2v) is 3.27. The summed E-state index contributed by atoms with van der Waals surface area (Å²) in [4.78, 5) is 22.8. The number of ether oxygens (including phenoxy) is 1. The summed E-state index contributed by atoms with van der Waals surface area (Å²) in [7, 11) is 0. The van der Waals surface area contributed by atoms with E-state index in [2.05, 4.69) is 0 Å². The minimum absolute atomic E-state index is 0.00287. The quantitative estimate of drug-likeness (QED) is 0.468. The minimum Gasteiger partial charge on any atom is -0.465 e. The van der Waals surface area contributed by atoms with E-state index in [-0.39, 0.29) is 11.8 Å². The van der Waals surface area contributed by atoms with Gasteiger partial charge in [-0.2, -0.15) is 0 Å². The van der Waals surface area contributed by atoms with Crippen molar-refractivity contribution in [2.24, 2.45) is 5.92 Å². The van der Waals surface area contributed by atoms with Gasteiger partial charge in [-0.15, -0.1) is 0 Å². The lowest BCUT2D eigenvalue weighted by Gasteiger charge is -2.12. The molecule has 0 N–H and O–H groups in total. The normalized spacial score (nSPS) is 12.2. The van der Waals surface area contributed by atoms with Crippen molar-refractivity contribution in [2.45, 2.75) is 46.5 Å². The fraction of sp³-hybridized carbons (Fsp3) is 0.818. The monoisotopic (exact) mass is 200 g/mol. The van der Waals surface area contributed by atoms with Crippen LogP contribution in [-0.2, 0) is 14.3 Å². The van der Waals surface area contributed by atoms with E-state index in [4.69, 9.17) is 4.74 Å². The zero-order valence-electron chi connectivity index (χ0n) is 9.34. The van der Waals surface area contributed by atoms with Crippen molar-refractivity contribution >= 4 is 11.8 Å². The molecule has 0 rings (SSSR count). The van der Waals surface area contributed by atoms with Gasteiger partial charge in [-0.25, -0.2) is 0 Å². The molecule has 3 heteroatoms. The van der Waals surface area contributed by atoms with Crippen molar-refractivity contribution in [3.8, 4) is 0 Å². The van der Waals surface area contributed by atoms with Crippen molar-refractivity contribution in [3.63, 3.8) is 0 Å². The SMILES string of the molecule is CCCCC(C(=O)CC)C(=O)OCC. The van der Waals surface area contributed by atoms with E-state index in [0.717, 1.165) is 12.8 Å². The Morgan fingerprint density at radius 3 is 2.29 bits per heavy atom. The molecule has 0 aromatic carbocycles. The van der Waals surface area contributed by atoms with Crippen LogP contribution in [0, 0.1) is 5.92 Å². The summed E-state index contributed by atoms with van der Waals surface area (Å²) in [5.74, 6) is -0.885. The molecule has 0 aliphatic heterocycles. The molecule has 0 spiro atoms. The molecule has 0 aliphatic carbocycles. The molecule has 82 valence electrons. The Kier molecular flexibility index (Phi) is 7.07. The van der Waals surface area contributed by atoms with Gasteiger partial charge >= 0.3 is 5.97 Å². The highest BCUT2D eigenvalue weighted by Gasteiger charge is 2.25. The van der Waals surface area contributed by atoms with Crippen LogP contribution in [-0.4, -0.2) is 18.4 Å². The lowest BCUT2D eigenvalue weighted by molar-refractivity contribution is -0.151. The third-order valence-electron chi connectivity index (χ3n) is 2.15. The molecule has 0 radical (unpaired) electrons. The third-order valence-corrected chi connectivity index (χ3v) is 2.15. The van der Waals surface area contributed by atoms with Crippen LogP contribution in [0.2, 0.25) is 0 Å². The van der Waals surface area contributed by atoms with Crippen LogP contribution < -0.4 is 0 Å². The topological polar surface area (TPSA) is 43.4 Å². The van der Waals surface area contributed by atoms with Crippen molar-refractivity contribution < 1.29 is 14.3 Å². The number of carbonyl (C=O) groups excluding carboxylic acids is 2. The van der Waals surface area contributed by atoms with Crippen molar-refractivity contribution in [3.05, 3.63) is 0 Å². The van der Waals surface area contributed by atoms with Crippen LogP contribution in [0.15, 0.2) is 0 Å². The average Bonchev–Trinajstić information content (AvgIpc) is 2.18. The molecule has 0 amide bonds. The zero-order valence-corrected chi connectivity index (χ0v) is 9.34. The summed E-state index contributed by atoms with van der Waals surface area (Å²) in [6.45, 7) is 5.92. The third kappa shape index (κ3) is 4.40. The van der Waals surface area contributed by atoms with Gasteiger partial charge in [0.05, 0.1) is 6.61 Å². The first-order chi connectivity index (χ1) is 6.67. The standard InChI is InChI=1S/C11H20O3/c1-4-7-8-9(10(12)5-2)11(13)14-6-3/h9H,4-8H2,1-3H3. The van der Waals surface area contributed by atoms with Crippen LogP contribution >= 0.6 is 0 Å². The number of esters is 1. The fourth-order valence-corrected chi connectivity index (χ4v) is 1.31. The van der Waals surface area contributed by atoms with Crippen LogP contribution in [0.5, 0.6) is 0 Å². The summed E-state index contributed by atoms with van der Waals surface area (Å²) in [6.07, 6.45) is 2.93. The van der Waals surface area contributed by atoms with Crippen molar-refractivity contribution in [2.75, 3.05) is 6.61 Å². The van der Waals surface area contributed by atoms with Gasteiger partial charge in [0, 0.05) is 6.42 Å². The van der Waals surface area contributed by atoms with Gasteiger partial charge in [-0.1, -0.05) is 26.7 Å². The van der Waals surface area contributed by atoms with E-state index < -0.39 is 5.92 Å². The van der Waals surface area contributed by atoms with E-state index in [0.29, 0.717) is 19.4 Å². The van der Waals surface area contributed by atoms with Gasteiger partial charge in [-0.3, -0.25) is 9.59 Å². The molecule has 0 saturated heterocycles. The number of Topliss-reactive ketones (excluding diaryl/α,β-unsaturated/α-hetero) is 1. The highest BCUT2D eigenvalue weighted by Crippen LogP contribution is 2.13. The lowest BCUT2D eigenvalue weighted by atomic mass is 9.96. The Hall–Kier alpha value is -0.860. The predicted octanol–water partition coefficient (Wildman–Crippen LogP) is 2.33. The Morgan fingerprint density at radius 2 is 1.86 bits per heavy atom. The number of carbonyl (C=O) groups is 2. The molecule has 0 aromatic rings. The van der Waals surface area contributed by atoms with E-state index in [1.165, 1.54) is 0 Å². The molecular formula is C11H20O3. The Labute approximate surface area is 85.8 Å². The number of ketones is 1. The highest BCUT2D eigenvalue weighted by molar-refractivity contribution is 5.98. The highest BCUT2D eigenvalue weighted by atomic mass is 16.5. The summed E-state index contributed by atoms with van der Waals surface area (Å²) < 4.78 is 4.86. The van der Waals surface area contributed by atoms with Gasteiger partial charge in [0.15, 0.2) is 0 Å². The van der Waals surface area contributed by atoms with E-state index in [1.807, 2.05) is 6.92 Å². The first-order valence-electron chi connectivity index (χ1n) is 5.36. The van der Waals surface area contributed by atoms with Gasteiger partial charge in [0.25, 0.3) is 0 Å². The molecule has 0 heterocycles. The second-order valence-electron chi connectivity index (χ2n) is 3.27. The molecule has 14 heavy (non-hydrogen) atoms. The Balaban J connectivity index is 4.22. The fourth-order valence-electron chi connectivity index (χ4n) is 1.31. The summed E-state index contributed by atoms with van der Waals surface area (Å²) in [6, 6.07) is 0. The molecule has 0 fully saturated rings. The Morgan fingerprint density at radius 1 is 1.21 bits per heavy atom. The smallest absolute Gasteiger partial charge is 0.316 e. The van der Waals surface area contributed by atoms with Gasteiger partial charge in [0.1, 0.15) is 11.7 Å². The molecular weight excluding hydrogens is 180 g/mol. The lowest BCUT2D eigenvalue weighted by Crippen LogP contribution is -2.25. The van der Waals surface area contributed by atoms with Crippen LogP contribution in [0.3, 0.4) is 0 Å². The largest absolute Gasteiger partial charge is 0.465 e. The Bertz CT molecular complexity index is 187.